The molecule has 1 aliphatic heterocycles. The SMILES string of the molecule is CCOC(=O)C(=O)N1C=CC=Cc2ccccc21. The van der Waals surface area contributed by atoms with Crippen LogP contribution in [0, 0.1) is 0 Å². The Balaban J connectivity index is 2.35. The van der Waals surface area contributed by atoms with E-state index in [0.717, 1.165) is 5.56 Å². The van der Waals surface area contributed by atoms with E-state index >= 15 is 0 Å². The number of nitrogens with zero attached hydrogens (tertiary/aromatic N) is 1. The Kier molecular flexibility index (Phi) is 3.57. The number of esters is 1. The van der Waals surface area contributed by atoms with Crippen LogP contribution in [0.1, 0.15) is 12.5 Å². The lowest BCUT2D eigenvalue weighted by atomic mass is 10.1. The van der Waals surface area contributed by atoms with Crippen molar-refractivity contribution in [2.45, 2.75) is 6.92 Å². The second kappa shape index (κ2) is 5.31. The van der Waals surface area contributed by atoms with E-state index in [4.69, 9.17) is 4.74 Å². The molecule has 1 heterocycles. The van der Waals surface area contributed by atoms with E-state index in [2.05, 4.69) is 0 Å². The Hall–Kier alpha value is -2.36. The maximum Gasteiger partial charge on any atom is 0.397 e. The normalized spacial score (nSPS) is 12.8. The van der Waals surface area contributed by atoms with E-state index in [9.17, 15) is 9.59 Å². The minimum atomic E-state index is -0.848. The summed E-state index contributed by atoms with van der Waals surface area (Å²) >= 11 is 0. The fourth-order valence-corrected chi connectivity index (χ4v) is 1.69. The summed E-state index contributed by atoms with van der Waals surface area (Å²) in [6.07, 6.45) is 6.96. The third kappa shape index (κ3) is 2.32. The molecule has 2 rings (SSSR count). The second-order valence-corrected chi connectivity index (χ2v) is 3.66. The summed E-state index contributed by atoms with van der Waals surface area (Å²) in [7, 11) is 0. The van der Waals surface area contributed by atoms with Crippen LogP contribution in [0.2, 0.25) is 0 Å². The molecular formula is C14H13NO3. The van der Waals surface area contributed by atoms with Gasteiger partial charge in [-0.1, -0.05) is 30.4 Å². The monoisotopic (exact) mass is 243 g/mol. The summed E-state index contributed by atoms with van der Waals surface area (Å²) in [5, 5.41) is 0. The molecule has 1 aromatic rings. The third-order valence-corrected chi connectivity index (χ3v) is 2.49. The van der Waals surface area contributed by atoms with Gasteiger partial charge in [0.1, 0.15) is 0 Å². The van der Waals surface area contributed by atoms with Gasteiger partial charge in [-0.25, -0.2) is 4.79 Å². The molecule has 92 valence electrons. The molecule has 0 fully saturated rings. The minimum absolute atomic E-state index is 0.183. The van der Waals surface area contributed by atoms with Crippen molar-refractivity contribution in [3.63, 3.8) is 0 Å². The minimum Gasteiger partial charge on any atom is -0.459 e. The standard InChI is InChI=1S/C14H13NO3/c1-2-18-14(17)13(16)15-10-6-5-8-11-7-3-4-9-12(11)15/h3-10H,2H2,1H3. The largest absolute Gasteiger partial charge is 0.459 e. The van der Waals surface area contributed by atoms with Gasteiger partial charge in [0.05, 0.1) is 12.3 Å². The van der Waals surface area contributed by atoms with Crippen molar-refractivity contribution >= 4 is 23.6 Å². The van der Waals surface area contributed by atoms with Gasteiger partial charge in [-0.2, -0.15) is 0 Å². The third-order valence-electron chi connectivity index (χ3n) is 2.49. The zero-order valence-electron chi connectivity index (χ0n) is 10.00. The number of fused-ring (bicyclic) bond motifs is 1. The summed E-state index contributed by atoms with van der Waals surface area (Å²) in [5.41, 5.74) is 1.54. The summed E-state index contributed by atoms with van der Waals surface area (Å²) in [4.78, 5) is 24.8. The molecule has 1 aliphatic rings. The smallest absolute Gasteiger partial charge is 0.397 e. The van der Waals surface area contributed by atoms with Crippen LogP contribution < -0.4 is 4.90 Å². The number of anilines is 1. The first kappa shape index (κ1) is 12.1. The lowest BCUT2D eigenvalue weighted by Crippen LogP contribution is -2.34. The van der Waals surface area contributed by atoms with Crippen LogP contribution in [0.3, 0.4) is 0 Å². The predicted octanol–water partition coefficient (Wildman–Crippen LogP) is 2.12. The van der Waals surface area contributed by atoms with Gasteiger partial charge in [0.2, 0.25) is 0 Å². The molecule has 0 saturated heterocycles. The highest BCUT2D eigenvalue weighted by Gasteiger charge is 2.24. The van der Waals surface area contributed by atoms with Crippen molar-refractivity contribution in [1.29, 1.82) is 0 Å². The van der Waals surface area contributed by atoms with Crippen LogP contribution in [0.4, 0.5) is 5.69 Å². The summed E-state index contributed by atoms with van der Waals surface area (Å²) in [6, 6.07) is 7.36. The maximum absolute atomic E-state index is 12.0. The van der Waals surface area contributed by atoms with Crippen LogP contribution in [0.25, 0.3) is 6.08 Å². The number of ether oxygens (including phenoxy) is 1. The number of carbonyl (C=O) groups excluding carboxylic acids is 2. The van der Waals surface area contributed by atoms with E-state index in [0.29, 0.717) is 5.69 Å². The van der Waals surface area contributed by atoms with Crippen molar-refractivity contribution in [3.05, 3.63) is 48.2 Å². The van der Waals surface area contributed by atoms with E-state index in [1.807, 2.05) is 30.4 Å². The molecule has 0 unspecified atom stereocenters. The van der Waals surface area contributed by atoms with Gasteiger partial charge in [-0.3, -0.25) is 9.69 Å². The average molecular weight is 243 g/mol. The number of carbonyl (C=O) groups is 2. The number of para-hydroxylation sites is 1. The van der Waals surface area contributed by atoms with Crippen LogP contribution in [0.5, 0.6) is 0 Å². The molecule has 0 aliphatic carbocycles. The number of benzene rings is 1. The van der Waals surface area contributed by atoms with Gasteiger partial charge >= 0.3 is 11.9 Å². The van der Waals surface area contributed by atoms with Crippen molar-refractivity contribution < 1.29 is 14.3 Å². The topological polar surface area (TPSA) is 46.6 Å². The number of amides is 1. The van der Waals surface area contributed by atoms with Crippen LogP contribution in [0.15, 0.2) is 42.6 Å². The molecular weight excluding hydrogens is 230 g/mol. The quantitative estimate of drug-likeness (QED) is 0.560. The Morgan fingerprint density at radius 3 is 2.78 bits per heavy atom. The van der Waals surface area contributed by atoms with Crippen LogP contribution >= 0.6 is 0 Å². The van der Waals surface area contributed by atoms with Gasteiger partial charge < -0.3 is 4.74 Å². The average Bonchev–Trinajstić information content (AvgIpc) is 2.60. The molecule has 0 aromatic heterocycles. The molecule has 1 aromatic carbocycles. The predicted molar refractivity (Wildman–Crippen MR) is 68.7 cm³/mol. The zero-order valence-corrected chi connectivity index (χ0v) is 10.00. The molecule has 4 nitrogen and oxygen atoms in total. The molecule has 0 saturated carbocycles. The molecule has 0 N–H and O–H groups in total. The number of hydrogen-bond acceptors (Lipinski definition) is 3. The van der Waals surface area contributed by atoms with E-state index in [-0.39, 0.29) is 6.61 Å². The highest BCUT2D eigenvalue weighted by molar-refractivity contribution is 6.38. The lowest BCUT2D eigenvalue weighted by molar-refractivity contribution is -0.153. The Labute approximate surface area is 105 Å². The molecule has 0 spiro atoms. The Morgan fingerprint density at radius 1 is 1.22 bits per heavy atom. The number of hydrogen-bond donors (Lipinski definition) is 0. The van der Waals surface area contributed by atoms with Gasteiger partial charge in [-0.05, 0) is 24.6 Å². The molecule has 0 atom stereocenters. The molecule has 18 heavy (non-hydrogen) atoms. The first-order chi connectivity index (χ1) is 8.74. The Morgan fingerprint density at radius 2 is 2.00 bits per heavy atom. The zero-order chi connectivity index (χ0) is 13.0. The fraction of sp³-hybridized carbons (Fsp3) is 0.143. The highest BCUT2D eigenvalue weighted by Crippen LogP contribution is 2.24. The lowest BCUT2D eigenvalue weighted by Gasteiger charge is -2.18. The molecule has 0 bridgehead atoms. The second-order valence-electron chi connectivity index (χ2n) is 3.66. The van der Waals surface area contributed by atoms with Gasteiger partial charge in [0.15, 0.2) is 0 Å². The van der Waals surface area contributed by atoms with Gasteiger partial charge in [0, 0.05) is 6.20 Å². The van der Waals surface area contributed by atoms with Gasteiger partial charge in [-0.15, -0.1) is 0 Å². The van der Waals surface area contributed by atoms with Crippen LogP contribution in [-0.2, 0) is 14.3 Å². The summed E-state index contributed by atoms with van der Waals surface area (Å²) in [5.74, 6) is -1.54. The first-order valence-corrected chi connectivity index (χ1v) is 5.68. The van der Waals surface area contributed by atoms with E-state index < -0.39 is 11.9 Å². The van der Waals surface area contributed by atoms with E-state index in [1.54, 1.807) is 25.3 Å². The van der Waals surface area contributed by atoms with Crippen molar-refractivity contribution in [2.24, 2.45) is 0 Å². The molecule has 0 radical (unpaired) electrons. The summed E-state index contributed by atoms with van der Waals surface area (Å²) < 4.78 is 4.73. The van der Waals surface area contributed by atoms with Crippen molar-refractivity contribution in [2.75, 3.05) is 11.5 Å². The molecule has 1 amide bonds. The van der Waals surface area contributed by atoms with Crippen molar-refractivity contribution in [1.82, 2.24) is 0 Å². The van der Waals surface area contributed by atoms with Crippen molar-refractivity contribution in [3.8, 4) is 0 Å². The highest BCUT2D eigenvalue weighted by atomic mass is 16.5. The first-order valence-electron chi connectivity index (χ1n) is 5.68. The number of rotatable bonds is 1. The summed E-state index contributed by atoms with van der Waals surface area (Å²) in [6.45, 7) is 1.85. The number of allylic oxidation sites excluding steroid dienone is 2. The Bertz CT molecular complexity index is 532. The fourth-order valence-electron chi connectivity index (χ4n) is 1.69. The molecule has 4 heteroatoms. The maximum atomic E-state index is 12.0. The van der Waals surface area contributed by atoms with Gasteiger partial charge in [0.25, 0.3) is 0 Å². The van der Waals surface area contributed by atoms with E-state index in [1.165, 1.54) is 4.90 Å². The van der Waals surface area contributed by atoms with Crippen LogP contribution in [-0.4, -0.2) is 18.5 Å².